The van der Waals surface area contributed by atoms with E-state index in [1.165, 1.54) is 6.07 Å². The molecule has 0 amide bonds. The predicted octanol–water partition coefficient (Wildman–Crippen LogP) is 3.81. The fourth-order valence-corrected chi connectivity index (χ4v) is 1.92. The van der Waals surface area contributed by atoms with Crippen molar-refractivity contribution in [3.8, 4) is 5.75 Å². The molecule has 0 bridgehead atoms. The van der Waals surface area contributed by atoms with Gasteiger partial charge in [-0.25, -0.2) is 4.39 Å². The number of furan rings is 1. The second-order valence-electron chi connectivity index (χ2n) is 4.77. The van der Waals surface area contributed by atoms with Gasteiger partial charge < -0.3 is 14.5 Å². The molecule has 0 saturated carbocycles. The van der Waals surface area contributed by atoms with Gasteiger partial charge in [-0.3, -0.25) is 0 Å². The number of aryl methyl sites for hydroxylation is 1. The summed E-state index contributed by atoms with van der Waals surface area (Å²) in [6.45, 7) is 5.94. The molecule has 1 aromatic heterocycles. The first-order chi connectivity index (χ1) is 9.70. The molecule has 0 fully saturated rings. The molecular weight excluding hydrogens is 257 g/mol. The van der Waals surface area contributed by atoms with Crippen LogP contribution in [0.1, 0.15) is 30.2 Å². The summed E-state index contributed by atoms with van der Waals surface area (Å²) >= 11 is 0. The van der Waals surface area contributed by atoms with E-state index in [0.29, 0.717) is 0 Å². The summed E-state index contributed by atoms with van der Waals surface area (Å²) in [6.07, 6.45) is 2.71. The van der Waals surface area contributed by atoms with Crippen molar-refractivity contribution in [3.63, 3.8) is 0 Å². The van der Waals surface area contributed by atoms with Crippen LogP contribution < -0.4 is 10.1 Å². The second-order valence-corrected chi connectivity index (χ2v) is 4.77. The van der Waals surface area contributed by atoms with Crippen LogP contribution in [0.3, 0.4) is 0 Å². The molecule has 2 aromatic rings. The van der Waals surface area contributed by atoms with Crippen molar-refractivity contribution in [1.82, 2.24) is 5.32 Å². The molecule has 4 heteroatoms. The third-order valence-corrected chi connectivity index (χ3v) is 3.03. The van der Waals surface area contributed by atoms with Crippen molar-refractivity contribution in [2.45, 2.75) is 33.4 Å². The Bertz CT molecular complexity index is 551. The van der Waals surface area contributed by atoms with Crippen LogP contribution in [0.25, 0.3) is 0 Å². The molecule has 0 aliphatic rings. The molecule has 3 nitrogen and oxygen atoms in total. The van der Waals surface area contributed by atoms with E-state index < -0.39 is 0 Å². The Morgan fingerprint density at radius 2 is 2.15 bits per heavy atom. The Morgan fingerprint density at radius 1 is 1.30 bits per heavy atom. The summed E-state index contributed by atoms with van der Waals surface area (Å²) in [5, 5.41) is 3.31. The van der Waals surface area contributed by atoms with Crippen LogP contribution in [-0.2, 0) is 13.2 Å². The average Bonchev–Trinajstić information content (AvgIpc) is 2.88. The smallest absolute Gasteiger partial charge is 0.165 e. The molecule has 108 valence electrons. The Morgan fingerprint density at radius 3 is 2.95 bits per heavy atom. The summed E-state index contributed by atoms with van der Waals surface area (Å²) in [7, 11) is 0. The maximum absolute atomic E-state index is 13.6. The molecule has 0 aliphatic carbocycles. The highest BCUT2D eigenvalue weighted by atomic mass is 19.1. The minimum atomic E-state index is -0.354. The predicted molar refractivity (Wildman–Crippen MR) is 76.2 cm³/mol. The number of hydrogen-bond donors (Lipinski definition) is 1. The van der Waals surface area contributed by atoms with E-state index in [9.17, 15) is 4.39 Å². The Hall–Kier alpha value is -1.81. The van der Waals surface area contributed by atoms with Crippen molar-refractivity contribution in [2.24, 2.45) is 0 Å². The lowest BCUT2D eigenvalue weighted by Crippen LogP contribution is -2.14. The van der Waals surface area contributed by atoms with Crippen molar-refractivity contribution in [3.05, 3.63) is 53.2 Å². The summed E-state index contributed by atoms with van der Waals surface area (Å²) in [5.74, 6) is 0.635. The maximum Gasteiger partial charge on any atom is 0.165 e. The summed E-state index contributed by atoms with van der Waals surface area (Å²) in [5.41, 5.74) is 2.01. The third kappa shape index (κ3) is 3.84. The molecule has 0 atom stereocenters. The van der Waals surface area contributed by atoms with Crippen LogP contribution in [-0.4, -0.2) is 6.54 Å². The lowest BCUT2D eigenvalue weighted by Gasteiger charge is -2.08. The minimum absolute atomic E-state index is 0.233. The summed E-state index contributed by atoms with van der Waals surface area (Å²) < 4.78 is 24.5. The van der Waals surface area contributed by atoms with Crippen molar-refractivity contribution in [2.75, 3.05) is 6.54 Å². The van der Waals surface area contributed by atoms with Gasteiger partial charge in [0.05, 0.1) is 6.26 Å². The quantitative estimate of drug-likeness (QED) is 0.782. The van der Waals surface area contributed by atoms with E-state index >= 15 is 0 Å². The van der Waals surface area contributed by atoms with Gasteiger partial charge in [0.1, 0.15) is 12.4 Å². The van der Waals surface area contributed by atoms with E-state index in [-0.39, 0.29) is 18.2 Å². The van der Waals surface area contributed by atoms with E-state index in [1.54, 1.807) is 18.4 Å². The average molecular weight is 277 g/mol. The monoisotopic (exact) mass is 277 g/mol. The van der Waals surface area contributed by atoms with Crippen LogP contribution in [0.5, 0.6) is 5.75 Å². The van der Waals surface area contributed by atoms with Crippen LogP contribution in [0.15, 0.2) is 34.9 Å². The van der Waals surface area contributed by atoms with E-state index in [4.69, 9.17) is 9.15 Å². The van der Waals surface area contributed by atoms with Crippen LogP contribution in [0.2, 0.25) is 0 Å². The molecule has 0 radical (unpaired) electrons. The molecule has 1 aromatic carbocycles. The van der Waals surface area contributed by atoms with Gasteiger partial charge >= 0.3 is 0 Å². The lowest BCUT2D eigenvalue weighted by molar-refractivity contribution is 0.256. The van der Waals surface area contributed by atoms with E-state index in [2.05, 4.69) is 12.2 Å². The first kappa shape index (κ1) is 14.6. The van der Waals surface area contributed by atoms with Crippen molar-refractivity contribution in [1.29, 1.82) is 0 Å². The van der Waals surface area contributed by atoms with E-state index in [1.807, 2.05) is 13.0 Å². The molecule has 20 heavy (non-hydrogen) atoms. The number of benzene rings is 1. The number of halogens is 1. The molecular formula is C16H20FNO2. The summed E-state index contributed by atoms with van der Waals surface area (Å²) in [4.78, 5) is 0. The van der Waals surface area contributed by atoms with Gasteiger partial charge in [0.15, 0.2) is 11.6 Å². The second kappa shape index (κ2) is 7.10. The number of rotatable bonds is 7. The van der Waals surface area contributed by atoms with Gasteiger partial charge in [0.2, 0.25) is 0 Å². The highest BCUT2D eigenvalue weighted by molar-refractivity contribution is 5.29. The first-order valence-electron chi connectivity index (χ1n) is 6.85. The van der Waals surface area contributed by atoms with E-state index in [0.717, 1.165) is 36.4 Å². The van der Waals surface area contributed by atoms with Gasteiger partial charge in [-0.1, -0.05) is 13.0 Å². The fourth-order valence-electron chi connectivity index (χ4n) is 1.92. The van der Waals surface area contributed by atoms with Gasteiger partial charge in [-0.2, -0.15) is 0 Å². The molecule has 1 N–H and O–H groups in total. The number of hydrogen-bond acceptors (Lipinski definition) is 3. The zero-order valence-corrected chi connectivity index (χ0v) is 11.9. The van der Waals surface area contributed by atoms with Crippen LogP contribution in [0, 0.1) is 12.7 Å². The molecule has 0 saturated heterocycles. The largest absolute Gasteiger partial charge is 0.483 e. The molecule has 0 aliphatic heterocycles. The Balaban J connectivity index is 1.97. The van der Waals surface area contributed by atoms with Gasteiger partial charge in [0.25, 0.3) is 0 Å². The number of nitrogens with one attached hydrogen (secondary N) is 1. The highest BCUT2D eigenvalue weighted by Crippen LogP contribution is 2.21. The molecule has 0 unspecified atom stereocenters. The zero-order chi connectivity index (χ0) is 14.4. The van der Waals surface area contributed by atoms with Crippen LogP contribution in [0.4, 0.5) is 4.39 Å². The first-order valence-corrected chi connectivity index (χ1v) is 6.85. The molecule has 2 rings (SSSR count). The van der Waals surface area contributed by atoms with Gasteiger partial charge in [-0.05, 0) is 43.7 Å². The standard InChI is InChI=1S/C16H20FNO2/c1-3-7-18-10-13-6-8-19-16(13)11-20-15-9-12(2)4-5-14(15)17/h4-6,8-9,18H,3,7,10-11H2,1-2H3. The van der Waals surface area contributed by atoms with Gasteiger partial charge in [-0.15, -0.1) is 0 Å². The lowest BCUT2D eigenvalue weighted by atomic mass is 10.2. The minimum Gasteiger partial charge on any atom is -0.483 e. The molecule has 1 heterocycles. The van der Waals surface area contributed by atoms with Crippen LogP contribution >= 0.6 is 0 Å². The molecule has 0 spiro atoms. The SMILES string of the molecule is CCCNCc1ccoc1COc1cc(C)ccc1F. The Kier molecular flexibility index (Phi) is 5.18. The highest BCUT2D eigenvalue weighted by Gasteiger charge is 2.09. The van der Waals surface area contributed by atoms with Gasteiger partial charge in [0, 0.05) is 12.1 Å². The zero-order valence-electron chi connectivity index (χ0n) is 11.9. The topological polar surface area (TPSA) is 34.4 Å². The summed E-state index contributed by atoms with van der Waals surface area (Å²) in [6, 6.07) is 6.73. The fraction of sp³-hybridized carbons (Fsp3) is 0.375. The third-order valence-electron chi connectivity index (χ3n) is 3.03. The Labute approximate surface area is 118 Å². The number of ether oxygens (including phenoxy) is 1. The normalized spacial score (nSPS) is 10.8. The van der Waals surface area contributed by atoms with Crippen molar-refractivity contribution < 1.29 is 13.5 Å². The maximum atomic E-state index is 13.6. The van der Waals surface area contributed by atoms with Crippen molar-refractivity contribution >= 4 is 0 Å².